The summed E-state index contributed by atoms with van der Waals surface area (Å²) in [5.74, 6) is 0.970. The van der Waals surface area contributed by atoms with Gasteiger partial charge in [0, 0.05) is 6.04 Å². The van der Waals surface area contributed by atoms with Gasteiger partial charge < -0.3 is 15.8 Å². The van der Waals surface area contributed by atoms with Gasteiger partial charge in [0.25, 0.3) is 0 Å². The smallest absolute Gasteiger partial charge is 0.122 e. The van der Waals surface area contributed by atoms with Crippen LogP contribution in [-0.4, -0.2) is 20.2 Å². The number of rotatable bonds is 7. The van der Waals surface area contributed by atoms with Crippen molar-refractivity contribution in [2.24, 2.45) is 11.1 Å². The monoisotopic (exact) mass is 264 g/mol. The molecule has 0 spiro atoms. The lowest BCUT2D eigenvalue weighted by Crippen LogP contribution is -2.33. The molecule has 1 atom stereocenters. The van der Waals surface area contributed by atoms with Gasteiger partial charge in [-0.3, -0.25) is 0 Å². The molecule has 0 amide bonds. The molecular weight excluding hydrogens is 236 g/mol. The number of nitrogens with two attached hydrogens (primary N) is 1. The molecule has 1 unspecified atom stereocenters. The van der Waals surface area contributed by atoms with E-state index in [4.69, 9.17) is 10.5 Å². The Bertz CT molecular complexity index is 402. The topological polar surface area (TPSA) is 47.3 Å². The van der Waals surface area contributed by atoms with Crippen molar-refractivity contribution < 1.29 is 4.74 Å². The van der Waals surface area contributed by atoms with Crippen LogP contribution in [0.5, 0.6) is 5.75 Å². The van der Waals surface area contributed by atoms with E-state index in [2.05, 4.69) is 44.3 Å². The third-order valence-corrected chi connectivity index (χ3v) is 3.69. The van der Waals surface area contributed by atoms with Gasteiger partial charge in [0.2, 0.25) is 0 Å². The van der Waals surface area contributed by atoms with Crippen LogP contribution in [-0.2, 0) is 0 Å². The van der Waals surface area contributed by atoms with Crippen molar-refractivity contribution >= 4 is 0 Å². The van der Waals surface area contributed by atoms with Gasteiger partial charge in [0.05, 0.1) is 6.61 Å². The molecule has 19 heavy (non-hydrogen) atoms. The van der Waals surface area contributed by atoms with E-state index in [-0.39, 0.29) is 5.41 Å². The fourth-order valence-corrected chi connectivity index (χ4v) is 2.69. The maximum absolute atomic E-state index is 5.73. The van der Waals surface area contributed by atoms with Crippen LogP contribution in [0.2, 0.25) is 0 Å². The van der Waals surface area contributed by atoms with Crippen LogP contribution in [0.25, 0.3) is 0 Å². The Balaban J connectivity index is 3.02. The fourth-order valence-electron chi connectivity index (χ4n) is 2.69. The van der Waals surface area contributed by atoms with E-state index in [1.54, 1.807) is 0 Å². The van der Waals surface area contributed by atoms with Gasteiger partial charge in [-0.1, -0.05) is 26.0 Å². The van der Waals surface area contributed by atoms with Crippen LogP contribution < -0.4 is 15.8 Å². The van der Waals surface area contributed by atoms with Gasteiger partial charge in [0.15, 0.2) is 0 Å². The Hall–Kier alpha value is -1.06. The van der Waals surface area contributed by atoms with Crippen LogP contribution in [0.1, 0.15) is 44.4 Å². The van der Waals surface area contributed by atoms with Gasteiger partial charge in [-0.25, -0.2) is 0 Å². The van der Waals surface area contributed by atoms with E-state index >= 15 is 0 Å². The van der Waals surface area contributed by atoms with E-state index in [1.807, 2.05) is 14.0 Å². The molecule has 3 N–H and O–H groups in total. The molecule has 1 aromatic rings. The molecule has 0 heterocycles. The van der Waals surface area contributed by atoms with Crippen molar-refractivity contribution in [2.45, 2.75) is 40.2 Å². The van der Waals surface area contributed by atoms with Crippen molar-refractivity contribution in [2.75, 3.05) is 20.2 Å². The summed E-state index contributed by atoms with van der Waals surface area (Å²) in [6.45, 7) is 10.0. The van der Waals surface area contributed by atoms with Crippen molar-refractivity contribution in [3.05, 3.63) is 29.3 Å². The SMILES string of the molecule is CCOc1ccc(C(NC)C(C)(C)CCN)cc1C. The average Bonchev–Trinajstić information content (AvgIpc) is 2.33. The Kier molecular flexibility index (Phi) is 5.83. The molecule has 1 rings (SSSR count). The highest BCUT2D eigenvalue weighted by Crippen LogP contribution is 2.37. The molecule has 0 aliphatic carbocycles. The molecule has 0 radical (unpaired) electrons. The number of nitrogens with one attached hydrogen (secondary N) is 1. The third-order valence-electron chi connectivity index (χ3n) is 3.69. The molecule has 0 saturated carbocycles. The highest BCUT2D eigenvalue weighted by atomic mass is 16.5. The first-order chi connectivity index (χ1) is 8.96. The normalized spacial score (nSPS) is 13.4. The summed E-state index contributed by atoms with van der Waals surface area (Å²) in [4.78, 5) is 0. The zero-order chi connectivity index (χ0) is 14.5. The van der Waals surface area contributed by atoms with E-state index in [1.165, 1.54) is 11.1 Å². The van der Waals surface area contributed by atoms with Crippen LogP contribution in [0.3, 0.4) is 0 Å². The maximum Gasteiger partial charge on any atom is 0.122 e. The van der Waals surface area contributed by atoms with Gasteiger partial charge in [-0.05, 0) is 56.5 Å². The molecule has 3 nitrogen and oxygen atoms in total. The second kappa shape index (κ2) is 6.92. The second-order valence-corrected chi connectivity index (χ2v) is 5.71. The van der Waals surface area contributed by atoms with Gasteiger partial charge in [-0.15, -0.1) is 0 Å². The van der Waals surface area contributed by atoms with Crippen molar-refractivity contribution in [1.29, 1.82) is 0 Å². The van der Waals surface area contributed by atoms with Gasteiger partial charge in [-0.2, -0.15) is 0 Å². The summed E-state index contributed by atoms with van der Waals surface area (Å²) in [6, 6.07) is 6.73. The van der Waals surface area contributed by atoms with Crippen molar-refractivity contribution in [1.82, 2.24) is 5.32 Å². The molecule has 0 fully saturated rings. The summed E-state index contributed by atoms with van der Waals surface area (Å²) in [5.41, 5.74) is 8.34. The predicted octanol–water partition coefficient (Wildman–Crippen LogP) is 3.03. The number of benzene rings is 1. The van der Waals surface area contributed by atoms with E-state index < -0.39 is 0 Å². The summed E-state index contributed by atoms with van der Waals surface area (Å²) < 4.78 is 5.60. The molecule has 0 aromatic heterocycles. The molecule has 108 valence electrons. The lowest BCUT2D eigenvalue weighted by molar-refractivity contribution is 0.239. The summed E-state index contributed by atoms with van der Waals surface area (Å²) >= 11 is 0. The number of hydrogen-bond acceptors (Lipinski definition) is 3. The molecule has 0 aliphatic rings. The molecular formula is C16H28N2O. The highest BCUT2D eigenvalue weighted by molar-refractivity contribution is 5.38. The molecule has 3 heteroatoms. The number of hydrogen-bond donors (Lipinski definition) is 2. The predicted molar refractivity (Wildman–Crippen MR) is 81.6 cm³/mol. The number of ether oxygens (including phenoxy) is 1. The fraction of sp³-hybridized carbons (Fsp3) is 0.625. The van der Waals surface area contributed by atoms with Crippen LogP contribution in [0, 0.1) is 12.3 Å². The Morgan fingerprint density at radius 3 is 2.53 bits per heavy atom. The van der Waals surface area contributed by atoms with Crippen LogP contribution >= 0.6 is 0 Å². The van der Waals surface area contributed by atoms with Crippen molar-refractivity contribution in [3.8, 4) is 5.75 Å². The Morgan fingerprint density at radius 2 is 2.05 bits per heavy atom. The van der Waals surface area contributed by atoms with Gasteiger partial charge >= 0.3 is 0 Å². The number of aryl methyl sites for hydroxylation is 1. The minimum atomic E-state index is 0.128. The molecule has 0 bridgehead atoms. The van der Waals surface area contributed by atoms with E-state index in [0.29, 0.717) is 19.2 Å². The molecule has 0 aliphatic heterocycles. The van der Waals surface area contributed by atoms with Gasteiger partial charge in [0.1, 0.15) is 5.75 Å². The molecule has 1 aromatic carbocycles. The van der Waals surface area contributed by atoms with Crippen LogP contribution in [0.15, 0.2) is 18.2 Å². The highest BCUT2D eigenvalue weighted by Gasteiger charge is 2.29. The minimum absolute atomic E-state index is 0.128. The first-order valence-corrected chi connectivity index (χ1v) is 7.07. The zero-order valence-electron chi connectivity index (χ0n) is 12.9. The van der Waals surface area contributed by atoms with Crippen molar-refractivity contribution in [3.63, 3.8) is 0 Å². The lowest BCUT2D eigenvalue weighted by atomic mass is 9.77. The summed E-state index contributed by atoms with van der Waals surface area (Å²) in [7, 11) is 2.01. The zero-order valence-corrected chi connectivity index (χ0v) is 12.9. The third kappa shape index (κ3) is 3.95. The largest absolute Gasteiger partial charge is 0.494 e. The average molecular weight is 264 g/mol. The first-order valence-electron chi connectivity index (χ1n) is 7.07. The lowest BCUT2D eigenvalue weighted by Gasteiger charge is -2.34. The second-order valence-electron chi connectivity index (χ2n) is 5.71. The van der Waals surface area contributed by atoms with E-state index in [0.717, 1.165) is 12.2 Å². The van der Waals surface area contributed by atoms with E-state index in [9.17, 15) is 0 Å². The standard InChI is InChI=1S/C16H28N2O/c1-6-19-14-8-7-13(11-12(14)2)15(18-5)16(3,4)9-10-17/h7-8,11,15,18H,6,9-10,17H2,1-5H3. The minimum Gasteiger partial charge on any atom is -0.494 e. The van der Waals surface area contributed by atoms with Crippen LogP contribution in [0.4, 0.5) is 0 Å². The Labute approximate surface area is 117 Å². The quantitative estimate of drug-likeness (QED) is 0.796. The first kappa shape index (κ1) is 16.0. The molecule has 0 saturated heterocycles. The summed E-state index contributed by atoms with van der Waals surface area (Å²) in [6.07, 6.45) is 0.991. The maximum atomic E-state index is 5.73. The summed E-state index contributed by atoms with van der Waals surface area (Å²) in [5, 5.41) is 3.43. The Morgan fingerprint density at radius 1 is 1.37 bits per heavy atom.